The second-order valence-corrected chi connectivity index (χ2v) is 5.80. The van der Waals surface area contributed by atoms with E-state index >= 15 is 0 Å². The van der Waals surface area contributed by atoms with Crippen molar-refractivity contribution in [3.8, 4) is 0 Å². The smallest absolute Gasteiger partial charge is 0.238 e. The quantitative estimate of drug-likeness (QED) is 0.583. The van der Waals surface area contributed by atoms with E-state index in [0.717, 1.165) is 13.1 Å². The third-order valence-electron chi connectivity index (χ3n) is 2.59. The molecule has 7 nitrogen and oxygen atoms in total. The standard InChI is InChI=1S/C13H22N4O3S/c1-4-14-5-6-15-12(18)8-21-10(3)13(19)16-11-7-9(2)20-17-11/h7,10,14H,4-6,8H2,1-3H3,(H,15,18)(H,16,17,19). The Labute approximate surface area is 128 Å². The van der Waals surface area contributed by atoms with Crippen molar-refractivity contribution in [3.05, 3.63) is 11.8 Å². The van der Waals surface area contributed by atoms with Crippen molar-refractivity contribution in [2.75, 3.05) is 30.7 Å². The van der Waals surface area contributed by atoms with Crippen LogP contribution >= 0.6 is 11.8 Å². The first-order valence-electron chi connectivity index (χ1n) is 6.86. The van der Waals surface area contributed by atoms with E-state index in [4.69, 9.17) is 4.52 Å². The fraction of sp³-hybridized carbons (Fsp3) is 0.615. The molecule has 1 rings (SSSR count). The van der Waals surface area contributed by atoms with Gasteiger partial charge >= 0.3 is 0 Å². The number of amides is 2. The number of aryl methyl sites for hydroxylation is 1. The average Bonchev–Trinajstić information content (AvgIpc) is 2.86. The molecule has 1 unspecified atom stereocenters. The summed E-state index contributed by atoms with van der Waals surface area (Å²) in [4.78, 5) is 23.5. The fourth-order valence-electron chi connectivity index (χ4n) is 1.45. The Balaban J connectivity index is 2.21. The Kier molecular flexibility index (Phi) is 7.84. The van der Waals surface area contributed by atoms with Crippen molar-refractivity contribution in [1.29, 1.82) is 0 Å². The highest BCUT2D eigenvalue weighted by Crippen LogP contribution is 2.13. The van der Waals surface area contributed by atoms with E-state index in [9.17, 15) is 9.59 Å². The molecule has 118 valence electrons. The number of rotatable bonds is 9. The normalized spacial score (nSPS) is 12.0. The van der Waals surface area contributed by atoms with Gasteiger partial charge in [-0.1, -0.05) is 12.1 Å². The van der Waals surface area contributed by atoms with Crippen LogP contribution in [-0.2, 0) is 9.59 Å². The minimum Gasteiger partial charge on any atom is -0.360 e. The van der Waals surface area contributed by atoms with Gasteiger partial charge in [-0.15, -0.1) is 11.8 Å². The highest BCUT2D eigenvalue weighted by molar-refractivity contribution is 8.01. The van der Waals surface area contributed by atoms with Gasteiger partial charge in [0.15, 0.2) is 5.82 Å². The van der Waals surface area contributed by atoms with E-state index in [1.165, 1.54) is 11.8 Å². The van der Waals surface area contributed by atoms with Crippen LogP contribution in [-0.4, -0.2) is 47.6 Å². The summed E-state index contributed by atoms with van der Waals surface area (Å²) in [5.41, 5.74) is 0. The maximum atomic E-state index is 11.9. The van der Waals surface area contributed by atoms with Crippen LogP contribution < -0.4 is 16.0 Å². The maximum Gasteiger partial charge on any atom is 0.238 e. The number of hydrogen-bond acceptors (Lipinski definition) is 6. The number of carbonyl (C=O) groups excluding carboxylic acids is 2. The van der Waals surface area contributed by atoms with E-state index in [1.54, 1.807) is 19.9 Å². The molecule has 3 N–H and O–H groups in total. The monoisotopic (exact) mass is 314 g/mol. The second kappa shape index (κ2) is 9.41. The molecule has 0 saturated carbocycles. The van der Waals surface area contributed by atoms with Gasteiger partial charge < -0.3 is 20.5 Å². The Morgan fingerprint density at radius 1 is 1.43 bits per heavy atom. The predicted octanol–water partition coefficient (Wildman–Crippen LogP) is 0.769. The van der Waals surface area contributed by atoms with Crippen molar-refractivity contribution >= 4 is 29.4 Å². The Hall–Kier alpha value is -1.54. The number of thioether (sulfide) groups is 1. The van der Waals surface area contributed by atoms with Gasteiger partial charge in [-0.05, 0) is 20.4 Å². The van der Waals surface area contributed by atoms with Crippen LogP contribution in [0.15, 0.2) is 10.6 Å². The zero-order chi connectivity index (χ0) is 15.7. The van der Waals surface area contributed by atoms with Gasteiger partial charge in [-0.25, -0.2) is 0 Å². The summed E-state index contributed by atoms with van der Waals surface area (Å²) in [6, 6.07) is 1.64. The Morgan fingerprint density at radius 2 is 2.19 bits per heavy atom. The zero-order valence-electron chi connectivity index (χ0n) is 12.6. The van der Waals surface area contributed by atoms with Crippen molar-refractivity contribution < 1.29 is 14.1 Å². The lowest BCUT2D eigenvalue weighted by Crippen LogP contribution is -2.33. The van der Waals surface area contributed by atoms with Crippen LogP contribution in [0.25, 0.3) is 0 Å². The fourth-order valence-corrected chi connectivity index (χ4v) is 2.16. The number of nitrogens with one attached hydrogen (secondary N) is 3. The molecular formula is C13H22N4O3S. The molecule has 8 heteroatoms. The second-order valence-electron chi connectivity index (χ2n) is 4.47. The molecule has 0 aromatic carbocycles. The molecule has 2 amide bonds. The molecule has 0 aliphatic heterocycles. The molecule has 0 spiro atoms. The summed E-state index contributed by atoms with van der Waals surface area (Å²) in [5.74, 6) is 0.993. The summed E-state index contributed by atoms with van der Waals surface area (Å²) in [7, 11) is 0. The lowest BCUT2D eigenvalue weighted by Gasteiger charge is -2.10. The molecule has 0 radical (unpaired) electrons. The van der Waals surface area contributed by atoms with Gasteiger partial charge in [0.1, 0.15) is 5.76 Å². The predicted molar refractivity (Wildman–Crippen MR) is 83.3 cm³/mol. The van der Waals surface area contributed by atoms with Crippen molar-refractivity contribution in [3.63, 3.8) is 0 Å². The first-order chi connectivity index (χ1) is 10.0. The van der Waals surface area contributed by atoms with E-state index in [2.05, 4.69) is 21.1 Å². The molecule has 21 heavy (non-hydrogen) atoms. The van der Waals surface area contributed by atoms with Crippen LogP contribution in [0, 0.1) is 6.92 Å². The molecule has 0 aliphatic carbocycles. The van der Waals surface area contributed by atoms with E-state index in [0.29, 0.717) is 18.1 Å². The topological polar surface area (TPSA) is 96.3 Å². The van der Waals surface area contributed by atoms with Crippen LogP contribution in [0.5, 0.6) is 0 Å². The number of nitrogens with zero attached hydrogens (tertiary/aromatic N) is 1. The largest absolute Gasteiger partial charge is 0.360 e. The SMILES string of the molecule is CCNCCNC(=O)CSC(C)C(=O)Nc1cc(C)on1. The van der Waals surface area contributed by atoms with Gasteiger partial charge in [0, 0.05) is 19.2 Å². The number of aromatic nitrogens is 1. The van der Waals surface area contributed by atoms with Gasteiger partial charge in [0.25, 0.3) is 0 Å². The summed E-state index contributed by atoms with van der Waals surface area (Å²) >= 11 is 1.28. The first-order valence-corrected chi connectivity index (χ1v) is 7.91. The van der Waals surface area contributed by atoms with Crippen molar-refractivity contribution in [2.45, 2.75) is 26.0 Å². The Bertz CT molecular complexity index is 464. The summed E-state index contributed by atoms with van der Waals surface area (Å²) in [6.45, 7) is 7.72. The zero-order valence-corrected chi connectivity index (χ0v) is 13.4. The Morgan fingerprint density at radius 3 is 2.81 bits per heavy atom. The van der Waals surface area contributed by atoms with E-state index in [-0.39, 0.29) is 22.8 Å². The van der Waals surface area contributed by atoms with Gasteiger partial charge in [-0.2, -0.15) is 0 Å². The van der Waals surface area contributed by atoms with Crippen LogP contribution in [0.4, 0.5) is 5.82 Å². The lowest BCUT2D eigenvalue weighted by molar-refractivity contribution is -0.118. The van der Waals surface area contributed by atoms with Gasteiger partial charge in [0.05, 0.1) is 11.0 Å². The molecule has 0 aliphatic rings. The number of anilines is 1. The summed E-state index contributed by atoms with van der Waals surface area (Å²) in [5, 5.41) is 11.9. The molecule has 1 aromatic rings. The average molecular weight is 314 g/mol. The highest BCUT2D eigenvalue weighted by atomic mass is 32.2. The number of hydrogen-bond donors (Lipinski definition) is 3. The summed E-state index contributed by atoms with van der Waals surface area (Å²) < 4.78 is 4.87. The maximum absolute atomic E-state index is 11.9. The molecule has 0 saturated heterocycles. The number of carbonyl (C=O) groups is 2. The van der Waals surface area contributed by atoms with E-state index in [1.807, 2.05) is 6.92 Å². The molecule has 1 aromatic heterocycles. The van der Waals surface area contributed by atoms with E-state index < -0.39 is 0 Å². The first kappa shape index (κ1) is 17.5. The number of likely N-dealkylation sites (N-methyl/N-ethyl adjacent to an activating group) is 1. The molecule has 1 heterocycles. The van der Waals surface area contributed by atoms with Gasteiger partial charge in [0.2, 0.25) is 11.8 Å². The highest BCUT2D eigenvalue weighted by Gasteiger charge is 2.16. The third-order valence-corrected chi connectivity index (χ3v) is 3.73. The van der Waals surface area contributed by atoms with Gasteiger partial charge in [-0.3, -0.25) is 9.59 Å². The molecular weight excluding hydrogens is 292 g/mol. The van der Waals surface area contributed by atoms with Crippen molar-refractivity contribution in [1.82, 2.24) is 15.8 Å². The summed E-state index contributed by atoms with van der Waals surface area (Å²) in [6.07, 6.45) is 0. The van der Waals surface area contributed by atoms with Crippen LogP contribution in [0.2, 0.25) is 0 Å². The molecule has 0 fully saturated rings. The minimum absolute atomic E-state index is 0.0742. The van der Waals surface area contributed by atoms with Crippen molar-refractivity contribution in [2.24, 2.45) is 0 Å². The molecule has 1 atom stereocenters. The molecule has 0 bridgehead atoms. The van der Waals surface area contributed by atoms with Crippen LogP contribution in [0.1, 0.15) is 19.6 Å². The minimum atomic E-state index is -0.346. The third kappa shape index (κ3) is 7.14. The van der Waals surface area contributed by atoms with Crippen LogP contribution in [0.3, 0.4) is 0 Å². The lowest BCUT2D eigenvalue weighted by atomic mass is 10.4.